The Morgan fingerprint density at radius 2 is 2.16 bits per heavy atom. The minimum atomic E-state index is -1.10. The number of nitrogens with one attached hydrogen (secondary N) is 2. The maximum absolute atomic E-state index is 15.3. The summed E-state index contributed by atoms with van der Waals surface area (Å²) in [5.74, 6) is -1.40. The topological polar surface area (TPSA) is 101 Å². The summed E-state index contributed by atoms with van der Waals surface area (Å²) < 4.78 is 35.2. The number of imidazole rings is 1. The predicted octanol–water partition coefficient (Wildman–Crippen LogP) is 4.62. The first-order valence-corrected chi connectivity index (χ1v) is 10.1. The lowest BCUT2D eigenvalue weighted by atomic mass is 9.99. The molecule has 4 aromatic heterocycles. The van der Waals surface area contributed by atoms with Crippen molar-refractivity contribution in [2.24, 2.45) is 5.92 Å². The van der Waals surface area contributed by atoms with E-state index in [4.69, 9.17) is 16.0 Å². The van der Waals surface area contributed by atoms with Crippen LogP contribution in [0.2, 0.25) is 5.02 Å². The molecule has 1 aliphatic rings. The highest BCUT2D eigenvalue weighted by Crippen LogP contribution is 2.42. The Hall–Kier alpha value is -3.79. The Morgan fingerprint density at radius 1 is 1.31 bits per heavy atom. The summed E-state index contributed by atoms with van der Waals surface area (Å²) in [6.45, 7) is 0. The number of fused-ring (bicyclic) bond motifs is 2. The van der Waals surface area contributed by atoms with Crippen molar-refractivity contribution in [3.05, 3.63) is 54.2 Å². The molecule has 8 nitrogen and oxygen atoms in total. The number of rotatable bonds is 4. The van der Waals surface area contributed by atoms with Gasteiger partial charge in [-0.05, 0) is 12.5 Å². The smallest absolute Gasteiger partial charge is 0.231 e. The molecule has 1 amide bonds. The molecule has 5 aromatic rings. The van der Waals surface area contributed by atoms with E-state index in [0.29, 0.717) is 33.4 Å². The van der Waals surface area contributed by atoms with Crippen LogP contribution in [0.5, 0.6) is 0 Å². The lowest BCUT2D eigenvalue weighted by molar-refractivity contribution is -0.117. The van der Waals surface area contributed by atoms with E-state index in [-0.39, 0.29) is 22.8 Å². The number of halogens is 3. The molecule has 160 valence electrons. The second-order valence-corrected chi connectivity index (χ2v) is 7.94. The molecular formula is C21H13ClF2N6O2. The number of furan rings is 1. The summed E-state index contributed by atoms with van der Waals surface area (Å²) in [7, 11) is 0. The summed E-state index contributed by atoms with van der Waals surface area (Å²) in [6.07, 6.45) is 8.22. The number of carbonyl (C=O) groups excluding carboxylic acids is 1. The molecule has 0 spiro atoms. The van der Waals surface area contributed by atoms with Gasteiger partial charge in [0, 0.05) is 28.3 Å². The monoisotopic (exact) mass is 454 g/mol. The van der Waals surface area contributed by atoms with Crippen LogP contribution in [-0.2, 0) is 4.79 Å². The lowest BCUT2D eigenvalue weighted by Gasteiger charge is -2.11. The molecule has 0 bridgehead atoms. The van der Waals surface area contributed by atoms with Gasteiger partial charge in [-0.2, -0.15) is 5.10 Å². The maximum Gasteiger partial charge on any atom is 0.231 e. The first kappa shape index (κ1) is 18.9. The standard InChI is InChI=1S/C21H13ClF2N6O2/c22-18-17(11-4-26-29-20(11)16(19(18)24)9-1-2-32-8-9)13-6-30-7-14(27-15(30)5-25-13)28-21(31)10-3-12(10)23/h1-2,4-8,10,12H,3H2,(H,26,29)(H,28,31)/t10-,12+/m1/s1. The number of amides is 1. The highest BCUT2D eigenvalue weighted by Gasteiger charge is 2.43. The number of anilines is 1. The van der Waals surface area contributed by atoms with Crippen molar-refractivity contribution in [1.82, 2.24) is 24.6 Å². The zero-order chi connectivity index (χ0) is 22.0. The second-order valence-electron chi connectivity index (χ2n) is 7.56. The maximum atomic E-state index is 15.3. The van der Waals surface area contributed by atoms with Gasteiger partial charge in [-0.15, -0.1) is 0 Å². The van der Waals surface area contributed by atoms with Crippen LogP contribution in [0.3, 0.4) is 0 Å². The first-order chi connectivity index (χ1) is 15.5. The number of benzene rings is 1. The van der Waals surface area contributed by atoms with Crippen LogP contribution in [0.1, 0.15) is 6.42 Å². The fourth-order valence-electron chi connectivity index (χ4n) is 3.78. The fourth-order valence-corrected chi connectivity index (χ4v) is 4.08. The summed E-state index contributed by atoms with van der Waals surface area (Å²) in [4.78, 5) is 20.6. The number of hydrogen-bond donors (Lipinski definition) is 2. The Labute approximate surface area is 183 Å². The molecule has 2 atom stereocenters. The molecule has 6 rings (SSSR count). The number of alkyl halides is 1. The zero-order valence-electron chi connectivity index (χ0n) is 16.1. The van der Waals surface area contributed by atoms with E-state index >= 15 is 4.39 Å². The van der Waals surface area contributed by atoms with E-state index in [0.717, 1.165) is 0 Å². The summed E-state index contributed by atoms with van der Waals surface area (Å²) in [6, 6.07) is 1.63. The van der Waals surface area contributed by atoms with Crippen LogP contribution in [0.15, 0.2) is 47.8 Å². The SMILES string of the molecule is O=C(Nc1cn2cc(-c3c(Cl)c(F)c(-c4ccoc4)c4[nH]ncc34)ncc2n1)[C@@H]1C[C@@H]1F. The molecule has 11 heteroatoms. The molecule has 0 radical (unpaired) electrons. The van der Waals surface area contributed by atoms with Crippen LogP contribution in [0.25, 0.3) is 38.9 Å². The zero-order valence-corrected chi connectivity index (χ0v) is 16.9. The van der Waals surface area contributed by atoms with Crippen LogP contribution >= 0.6 is 11.6 Å². The molecule has 0 aliphatic heterocycles. The minimum absolute atomic E-state index is 0.113. The molecule has 4 heterocycles. The average Bonchev–Trinajstić information content (AvgIpc) is 3.21. The number of H-pyrrole nitrogens is 1. The van der Waals surface area contributed by atoms with Crippen LogP contribution < -0.4 is 5.32 Å². The van der Waals surface area contributed by atoms with Crippen molar-refractivity contribution < 1.29 is 18.0 Å². The van der Waals surface area contributed by atoms with Crippen LogP contribution in [0.4, 0.5) is 14.6 Å². The van der Waals surface area contributed by atoms with Gasteiger partial charge in [0.15, 0.2) is 17.3 Å². The van der Waals surface area contributed by atoms with Gasteiger partial charge in [0.2, 0.25) is 5.91 Å². The van der Waals surface area contributed by atoms with Crippen molar-refractivity contribution in [2.45, 2.75) is 12.6 Å². The number of hydrogen-bond acceptors (Lipinski definition) is 5. The molecular weight excluding hydrogens is 442 g/mol. The van der Waals surface area contributed by atoms with Gasteiger partial charge in [-0.3, -0.25) is 14.9 Å². The first-order valence-electron chi connectivity index (χ1n) is 9.68. The van der Waals surface area contributed by atoms with Gasteiger partial charge in [0.25, 0.3) is 0 Å². The molecule has 0 saturated heterocycles. The quantitative estimate of drug-likeness (QED) is 0.412. The van der Waals surface area contributed by atoms with E-state index in [2.05, 4.69) is 25.5 Å². The number of nitrogens with zero attached hydrogens (tertiary/aromatic N) is 4. The molecule has 1 saturated carbocycles. The third kappa shape index (κ3) is 2.87. The molecule has 1 fully saturated rings. The molecule has 32 heavy (non-hydrogen) atoms. The van der Waals surface area contributed by atoms with Crippen molar-refractivity contribution in [3.63, 3.8) is 0 Å². The third-order valence-corrected chi connectivity index (χ3v) is 5.85. The highest BCUT2D eigenvalue weighted by atomic mass is 35.5. The van der Waals surface area contributed by atoms with E-state index in [9.17, 15) is 9.18 Å². The second kappa shape index (κ2) is 6.86. The summed E-state index contributed by atoms with van der Waals surface area (Å²) >= 11 is 6.46. The van der Waals surface area contributed by atoms with Gasteiger partial charge < -0.3 is 14.1 Å². The largest absolute Gasteiger partial charge is 0.472 e. The Balaban J connectivity index is 1.45. The molecule has 1 aliphatic carbocycles. The van der Waals surface area contributed by atoms with Crippen molar-refractivity contribution in [2.75, 3.05) is 5.32 Å². The normalized spacial score (nSPS) is 17.8. The van der Waals surface area contributed by atoms with Gasteiger partial charge in [-0.1, -0.05) is 11.6 Å². The van der Waals surface area contributed by atoms with Gasteiger partial charge in [-0.25, -0.2) is 13.8 Å². The van der Waals surface area contributed by atoms with E-state index in [1.807, 2.05) is 0 Å². The summed E-state index contributed by atoms with van der Waals surface area (Å²) in [5, 5.41) is 9.95. The van der Waals surface area contributed by atoms with Crippen molar-refractivity contribution in [3.8, 4) is 22.4 Å². The highest BCUT2D eigenvalue weighted by molar-refractivity contribution is 6.36. The van der Waals surface area contributed by atoms with Crippen molar-refractivity contribution in [1.29, 1.82) is 0 Å². The third-order valence-electron chi connectivity index (χ3n) is 5.50. The Bertz CT molecular complexity index is 1510. The van der Waals surface area contributed by atoms with Gasteiger partial charge in [0.1, 0.15) is 6.17 Å². The minimum Gasteiger partial charge on any atom is -0.472 e. The number of aromatic amines is 1. The van der Waals surface area contributed by atoms with E-state index in [1.165, 1.54) is 18.7 Å². The lowest BCUT2D eigenvalue weighted by Crippen LogP contribution is -2.15. The fraction of sp³-hybridized carbons (Fsp3) is 0.143. The number of aromatic nitrogens is 5. The Kier molecular flexibility index (Phi) is 4.06. The molecule has 2 N–H and O–H groups in total. The molecule has 0 unspecified atom stereocenters. The Morgan fingerprint density at radius 3 is 2.91 bits per heavy atom. The van der Waals surface area contributed by atoms with E-state index in [1.54, 1.807) is 29.1 Å². The number of carbonyl (C=O) groups is 1. The predicted molar refractivity (Wildman–Crippen MR) is 112 cm³/mol. The average molecular weight is 455 g/mol. The van der Waals surface area contributed by atoms with Crippen LogP contribution in [-0.4, -0.2) is 36.6 Å². The van der Waals surface area contributed by atoms with Gasteiger partial charge in [0.05, 0.1) is 53.3 Å². The van der Waals surface area contributed by atoms with Gasteiger partial charge >= 0.3 is 0 Å². The van der Waals surface area contributed by atoms with E-state index < -0.39 is 23.8 Å². The van der Waals surface area contributed by atoms with Crippen LogP contribution in [0, 0.1) is 11.7 Å². The van der Waals surface area contributed by atoms with Crippen molar-refractivity contribution >= 4 is 39.9 Å². The summed E-state index contributed by atoms with van der Waals surface area (Å²) in [5.41, 5.74) is 2.42. The molecule has 1 aromatic carbocycles.